The number of hydrogen-bond acceptors (Lipinski definition) is 3. The standard InChI is InChI=1S/C18H17NO4/c1-23-13-8-6-12(7-9-13)19-16-5-3-2-4-14(16)15(10-11-20)17(19)18(21)22/h2-9,20H,10-11H2,1H3,(H,21,22). The molecule has 5 heteroatoms. The van der Waals surface area contributed by atoms with Gasteiger partial charge in [0, 0.05) is 17.7 Å². The Morgan fingerprint density at radius 1 is 1.13 bits per heavy atom. The number of fused-ring (bicyclic) bond motifs is 1. The van der Waals surface area contributed by atoms with Crippen molar-refractivity contribution in [3.05, 3.63) is 59.8 Å². The van der Waals surface area contributed by atoms with Crippen molar-refractivity contribution in [1.82, 2.24) is 4.57 Å². The second kappa shape index (κ2) is 6.14. The van der Waals surface area contributed by atoms with Gasteiger partial charge in [0.25, 0.3) is 0 Å². The number of methoxy groups -OCH3 is 1. The van der Waals surface area contributed by atoms with Crippen LogP contribution in [-0.4, -0.2) is 34.5 Å². The highest BCUT2D eigenvalue weighted by Gasteiger charge is 2.22. The van der Waals surface area contributed by atoms with E-state index >= 15 is 0 Å². The van der Waals surface area contributed by atoms with Crippen molar-refractivity contribution >= 4 is 16.9 Å². The number of carboxylic acid groups (broad SMARTS) is 1. The SMILES string of the molecule is COc1ccc(-n2c(C(=O)O)c(CCO)c3ccccc32)cc1. The van der Waals surface area contributed by atoms with Crippen LogP contribution in [0.5, 0.6) is 5.75 Å². The van der Waals surface area contributed by atoms with Crippen LogP contribution < -0.4 is 4.74 Å². The molecule has 3 rings (SSSR count). The molecule has 5 nitrogen and oxygen atoms in total. The number of carbonyl (C=O) groups is 1. The minimum absolute atomic E-state index is 0.100. The predicted octanol–water partition coefficient (Wildman–Crippen LogP) is 2.87. The predicted molar refractivity (Wildman–Crippen MR) is 87.6 cm³/mol. The monoisotopic (exact) mass is 311 g/mol. The van der Waals surface area contributed by atoms with Gasteiger partial charge in [0.1, 0.15) is 11.4 Å². The number of hydrogen-bond donors (Lipinski definition) is 2. The summed E-state index contributed by atoms with van der Waals surface area (Å²) in [4.78, 5) is 11.9. The first-order chi connectivity index (χ1) is 11.2. The molecule has 0 saturated heterocycles. The molecule has 118 valence electrons. The summed E-state index contributed by atoms with van der Waals surface area (Å²) < 4.78 is 6.87. The summed E-state index contributed by atoms with van der Waals surface area (Å²) in [5, 5.41) is 19.9. The van der Waals surface area contributed by atoms with E-state index in [1.807, 2.05) is 36.4 Å². The molecule has 23 heavy (non-hydrogen) atoms. The fourth-order valence-electron chi connectivity index (χ4n) is 2.90. The second-order valence-electron chi connectivity index (χ2n) is 5.16. The summed E-state index contributed by atoms with van der Waals surface area (Å²) >= 11 is 0. The molecule has 0 bridgehead atoms. The van der Waals surface area contributed by atoms with E-state index in [4.69, 9.17) is 4.74 Å². The molecule has 0 fully saturated rings. The summed E-state index contributed by atoms with van der Waals surface area (Å²) in [7, 11) is 1.59. The molecular formula is C18H17NO4. The lowest BCUT2D eigenvalue weighted by molar-refractivity contribution is 0.0687. The Morgan fingerprint density at radius 2 is 1.83 bits per heavy atom. The first kappa shape index (κ1) is 15.1. The molecule has 3 aromatic rings. The Kier molecular flexibility index (Phi) is 4.04. The van der Waals surface area contributed by atoms with Crippen LogP contribution in [0.3, 0.4) is 0 Å². The van der Waals surface area contributed by atoms with E-state index in [0.29, 0.717) is 17.7 Å². The minimum Gasteiger partial charge on any atom is -0.497 e. The first-order valence-corrected chi connectivity index (χ1v) is 7.28. The van der Waals surface area contributed by atoms with Crippen molar-refractivity contribution in [3.8, 4) is 11.4 Å². The summed E-state index contributed by atoms with van der Waals surface area (Å²) in [5.74, 6) is -0.307. The van der Waals surface area contributed by atoms with Crippen LogP contribution in [0.1, 0.15) is 16.1 Å². The molecule has 0 aliphatic rings. The zero-order valence-electron chi connectivity index (χ0n) is 12.7. The third kappa shape index (κ3) is 2.55. The van der Waals surface area contributed by atoms with Crippen LogP contribution in [-0.2, 0) is 6.42 Å². The maximum atomic E-state index is 11.9. The van der Waals surface area contributed by atoms with Crippen molar-refractivity contribution in [2.75, 3.05) is 13.7 Å². The zero-order chi connectivity index (χ0) is 16.4. The van der Waals surface area contributed by atoms with Crippen molar-refractivity contribution in [2.24, 2.45) is 0 Å². The Bertz CT molecular complexity index is 849. The molecule has 2 N–H and O–H groups in total. The van der Waals surface area contributed by atoms with Gasteiger partial charge in [-0.05, 0) is 42.3 Å². The van der Waals surface area contributed by atoms with Gasteiger partial charge in [-0.25, -0.2) is 4.79 Å². The number of aliphatic hydroxyl groups excluding tert-OH is 1. The molecule has 0 amide bonds. The van der Waals surface area contributed by atoms with Crippen LogP contribution in [0.2, 0.25) is 0 Å². The lowest BCUT2D eigenvalue weighted by Gasteiger charge is -2.10. The quantitative estimate of drug-likeness (QED) is 0.760. The highest BCUT2D eigenvalue weighted by molar-refractivity contribution is 5.99. The maximum absolute atomic E-state index is 11.9. The molecule has 0 radical (unpaired) electrons. The van der Waals surface area contributed by atoms with E-state index in [9.17, 15) is 15.0 Å². The van der Waals surface area contributed by atoms with Gasteiger partial charge in [-0.15, -0.1) is 0 Å². The highest BCUT2D eigenvalue weighted by Crippen LogP contribution is 2.30. The number of aliphatic hydroxyl groups is 1. The fourth-order valence-corrected chi connectivity index (χ4v) is 2.90. The number of aromatic carboxylic acids is 1. The maximum Gasteiger partial charge on any atom is 0.353 e. The molecule has 0 aliphatic heterocycles. The van der Waals surface area contributed by atoms with E-state index in [1.165, 1.54) is 0 Å². The van der Waals surface area contributed by atoms with Gasteiger partial charge in [-0.1, -0.05) is 18.2 Å². The Labute approximate surface area is 133 Å². The topological polar surface area (TPSA) is 71.7 Å². The molecule has 2 aromatic carbocycles. The van der Waals surface area contributed by atoms with Gasteiger partial charge in [0.2, 0.25) is 0 Å². The van der Waals surface area contributed by atoms with Gasteiger partial charge in [0.05, 0.1) is 12.6 Å². The number of nitrogens with zero attached hydrogens (tertiary/aromatic N) is 1. The lowest BCUT2D eigenvalue weighted by atomic mass is 10.1. The molecule has 0 aliphatic carbocycles. The number of para-hydroxylation sites is 1. The van der Waals surface area contributed by atoms with Crippen molar-refractivity contribution < 1.29 is 19.7 Å². The fraction of sp³-hybridized carbons (Fsp3) is 0.167. The van der Waals surface area contributed by atoms with E-state index in [0.717, 1.165) is 16.6 Å². The average Bonchev–Trinajstić information content (AvgIpc) is 2.90. The lowest BCUT2D eigenvalue weighted by Crippen LogP contribution is -2.10. The molecule has 0 atom stereocenters. The number of aromatic nitrogens is 1. The van der Waals surface area contributed by atoms with Gasteiger partial charge >= 0.3 is 5.97 Å². The van der Waals surface area contributed by atoms with Gasteiger partial charge in [-0.3, -0.25) is 0 Å². The Morgan fingerprint density at radius 3 is 2.43 bits per heavy atom. The zero-order valence-corrected chi connectivity index (χ0v) is 12.7. The van der Waals surface area contributed by atoms with Crippen LogP contribution in [0.4, 0.5) is 0 Å². The summed E-state index contributed by atoms with van der Waals surface area (Å²) in [6.45, 7) is -0.100. The molecule has 0 saturated carbocycles. The summed E-state index contributed by atoms with van der Waals surface area (Å²) in [6, 6.07) is 14.7. The molecular weight excluding hydrogens is 294 g/mol. The third-order valence-electron chi connectivity index (χ3n) is 3.87. The third-order valence-corrected chi connectivity index (χ3v) is 3.87. The normalized spacial score (nSPS) is 10.9. The van der Waals surface area contributed by atoms with Gasteiger partial charge in [-0.2, -0.15) is 0 Å². The van der Waals surface area contributed by atoms with Crippen LogP contribution in [0.25, 0.3) is 16.6 Å². The highest BCUT2D eigenvalue weighted by atomic mass is 16.5. The van der Waals surface area contributed by atoms with Crippen LogP contribution in [0.15, 0.2) is 48.5 Å². The van der Waals surface area contributed by atoms with Crippen molar-refractivity contribution in [3.63, 3.8) is 0 Å². The smallest absolute Gasteiger partial charge is 0.353 e. The molecule has 1 heterocycles. The van der Waals surface area contributed by atoms with E-state index in [-0.39, 0.29) is 12.3 Å². The Hall–Kier alpha value is -2.79. The number of carboxylic acids is 1. The number of benzene rings is 2. The van der Waals surface area contributed by atoms with Gasteiger partial charge < -0.3 is 19.5 Å². The van der Waals surface area contributed by atoms with Gasteiger partial charge in [0.15, 0.2) is 0 Å². The summed E-state index contributed by atoms with van der Waals surface area (Å²) in [6.07, 6.45) is 0.297. The Balaban J connectivity index is 2.33. The first-order valence-electron chi connectivity index (χ1n) is 7.28. The second-order valence-corrected chi connectivity index (χ2v) is 5.16. The van der Waals surface area contributed by atoms with Crippen LogP contribution >= 0.6 is 0 Å². The average molecular weight is 311 g/mol. The number of ether oxygens (including phenoxy) is 1. The van der Waals surface area contributed by atoms with E-state index in [2.05, 4.69) is 0 Å². The largest absolute Gasteiger partial charge is 0.497 e. The minimum atomic E-state index is -1.01. The molecule has 1 aromatic heterocycles. The van der Waals surface area contributed by atoms with E-state index < -0.39 is 5.97 Å². The summed E-state index contributed by atoms with van der Waals surface area (Å²) in [5.41, 5.74) is 2.37. The van der Waals surface area contributed by atoms with E-state index in [1.54, 1.807) is 23.8 Å². The van der Waals surface area contributed by atoms with Crippen molar-refractivity contribution in [2.45, 2.75) is 6.42 Å². The van der Waals surface area contributed by atoms with Crippen LogP contribution in [0, 0.1) is 0 Å². The molecule has 0 unspecified atom stereocenters. The molecule has 0 spiro atoms. The van der Waals surface area contributed by atoms with Crippen molar-refractivity contribution in [1.29, 1.82) is 0 Å². The number of rotatable bonds is 5.